The van der Waals surface area contributed by atoms with Crippen molar-refractivity contribution in [2.24, 2.45) is 0 Å². The molecule has 1 aliphatic heterocycles. The monoisotopic (exact) mass is 359 g/mol. The molecular formula is C18H33NO4S. The first kappa shape index (κ1) is 22.9. The van der Waals surface area contributed by atoms with Crippen molar-refractivity contribution in [2.45, 2.75) is 58.5 Å². The molecule has 5 nitrogen and oxygen atoms in total. The fourth-order valence-electron chi connectivity index (χ4n) is 2.54. The Morgan fingerprint density at radius 3 is 2.04 bits per heavy atom. The standard InChI is InChI=1S/C14H21NO4S.2C2H6/c1-11-13(19-3)5-4-6-14(11)20(16,17)15-9-7-12(18-2)8-10-15;2*1-2/h4-6,12H,7-10H2,1-3H3;2*1-2H3. The number of sulfonamides is 1. The van der Waals surface area contributed by atoms with Crippen LogP contribution in [0.1, 0.15) is 46.1 Å². The maximum Gasteiger partial charge on any atom is 0.243 e. The molecule has 0 aliphatic carbocycles. The zero-order chi connectivity index (χ0) is 18.8. The van der Waals surface area contributed by atoms with Gasteiger partial charge in [-0.25, -0.2) is 8.42 Å². The third kappa shape index (κ3) is 5.46. The second-order valence-electron chi connectivity index (χ2n) is 4.92. The van der Waals surface area contributed by atoms with E-state index in [9.17, 15) is 8.42 Å². The molecule has 1 aliphatic rings. The maximum absolute atomic E-state index is 12.7. The summed E-state index contributed by atoms with van der Waals surface area (Å²) in [5.41, 5.74) is 0.656. The second-order valence-corrected chi connectivity index (χ2v) is 6.83. The van der Waals surface area contributed by atoms with Gasteiger partial charge < -0.3 is 9.47 Å². The van der Waals surface area contributed by atoms with Crippen molar-refractivity contribution >= 4 is 10.0 Å². The van der Waals surface area contributed by atoms with Crippen LogP contribution >= 0.6 is 0 Å². The van der Waals surface area contributed by atoms with Gasteiger partial charge in [-0.3, -0.25) is 0 Å². The maximum atomic E-state index is 12.7. The van der Waals surface area contributed by atoms with Gasteiger partial charge in [0.1, 0.15) is 5.75 Å². The van der Waals surface area contributed by atoms with Crippen LogP contribution in [-0.2, 0) is 14.8 Å². The van der Waals surface area contributed by atoms with Crippen molar-refractivity contribution in [1.82, 2.24) is 4.31 Å². The molecule has 0 atom stereocenters. The summed E-state index contributed by atoms with van der Waals surface area (Å²) < 4.78 is 37.4. The molecule has 0 N–H and O–H groups in total. The predicted octanol–water partition coefficient (Wildman–Crippen LogP) is 3.86. The first-order valence-electron chi connectivity index (χ1n) is 8.67. The smallest absolute Gasteiger partial charge is 0.243 e. The van der Waals surface area contributed by atoms with Gasteiger partial charge in [0.15, 0.2) is 0 Å². The van der Waals surface area contributed by atoms with E-state index in [4.69, 9.17) is 9.47 Å². The Bertz CT molecular complexity index is 564. The summed E-state index contributed by atoms with van der Waals surface area (Å²) in [7, 11) is -0.247. The van der Waals surface area contributed by atoms with Crippen molar-refractivity contribution in [3.05, 3.63) is 23.8 Å². The number of nitrogens with zero attached hydrogens (tertiary/aromatic N) is 1. The highest BCUT2D eigenvalue weighted by molar-refractivity contribution is 7.89. The lowest BCUT2D eigenvalue weighted by atomic mass is 10.1. The van der Waals surface area contributed by atoms with E-state index in [1.807, 2.05) is 27.7 Å². The summed E-state index contributed by atoms with van der Waals surface area (Å²) in [6.07, 6.45) is 1.63. The highest BCUT2D eigenvalue weighted by atomic mass is 32.2. The van der Waals surface area contributed by atoms with Gasteiger partial charge in [-0.2, -0.15) is 4.31 Å². The van der Waals surface area contributed by atoms with E-state index < -0.39 is 10.0 Å². The van der Waals surface area contributed by atoms with E-state index >= 15 is 0 Å². The second kappa shape index (κ2) is 11.4. The number of piperidine rings is 1. The van der Waals surface area contributed by atoms with Gasteiger partial charge in [0, 0.05) is 25.8 Å². The Hall–Kier alpha value is -1.11. The first-order valence-corrected chi connectivity index (χ1v) is 10.1. The molecule has 0 amide bonds. The molecule has 0 unspecified atom stereocenters. The molecule has 1 aromatic carbocycles. The van der Waals surface area contributed by atoms with Crippen LogP contribution in [-0.4, -0.2) is 46.1 Å². The van der Waals surface area contributed by atoms with Crippen molar-refractivity contribution in [3.63, 3.8) is 0 Å². The first-order chi connectivity index (χ1) is 11.5. The number of rotatable bonds is 4. The third-order valence-corrected chi connectivity index (χ3v) is 5.85. The highest BCUT2D eigenvalue weighted by Crippen LogP contribution is 2.28. The van der Waals surface area contributed by atoms with Crippen LogP contribution in [0.25, 0.3) is 0 Å². The average Bonchev–Trinajstić information content (AvgIpc) is 2.65. The van der Waals surface area contributed by atoms with Gasteiger partial charge in [0.25, 0.3) is 0 Å². The average molecular weight is 360 g/mol. The van der Waals surface area contributed by atoms with Crippen LogP contribution in [0.15, 0.2) is 23.1 Å². The summed E-state index contributed by atoms with van der Waals surface area (Å²) in [6, 6.07) is 5.11. The van der Waals surface area contributed by atoms with E-state index in [2.05, 4.69) is 0 Å². The van der Waals surface area contributed by atoms with Crippen LogP contribution in [0.5, 0.6) is 5.75 Å². The highest BCUT2D eigenvalue weighted by Gasteiger charge is 2.30. The minimum absolute atomic E-state index is 0.160. The number of hydrogen-bond donors (Lipinski definition) is 0. The zero-order valence-electron chi connectivity index (χ0n) is 16.1. The summed E-state index contributed by atoms with van der Waals surface area (Å²) >= 11 is 0. The molecular weight excluding hydrogens is 326 g/mol. The summed E-state index contributed by atoms with van der Waals surface area (Å²) in [4.78, 5) is 0.327. The van der Waals surface area contributed by atoms with E-state index in [1.54, 1.807) is 39.3 Å². The van der Waals surface area contributed by atoms with Crippen molar-refractivity contribution in [2.75, 3.05) is 27.3 Å². The lowest BCUT2D eigenvalue weighted by Crippen LogP contribution is -2.40. The molecule has 1 aromatic rings. The van der Waals surface area contributed by atoms with Crippen LogP contribution in [0.2, 0.25) is 0 Å². The molecule has 6 heteroatoms. The molecule has 24 heavy (non-hydrogen) atoms. The minimum Gasteiger partial charge on any atom is -0.496 e. The van der Waals surface area contributed by atoms with Crippen LogP contribution in [0.3, 0.4) is 0 Å². The number of hydrogen-bond acceptors (Lipinski definition) is 4. The molecule has 2 rings (SSSR count). The van der Waals surface area contributed by atoms with Crippen LogP contribution < -0.4 is 4.74 Å². The number of benzene rings is 1. The summed E-state index contributed by atoms with van der Waals surface area (Å²) in [5, 5.41) is 0. The molecule has 0 bridgehead atoms. The topological polar surface area (TPSA) is 55.8 Å². The summed E-state index contributed by atoms with van der Waals surface area (Å²) in [6.45, 7) is 10.8. The quantitative estimate of drug-likeness (QED) is 0.819. The molecule has 0 spiro atoms. The molecule has 1 heterocycles. The lowest BCUT2D eigenvalue weighted by molar-refractivity contribution is 0.0604. The van der Waals surface area contributed by atoms with Gasteiger partial charge in [-0.1, -0.05) is 33.8 Å². The SMILES string of the molecule is CC.CC.COc1cccc(S(=O)(=O)N2CCC(OC)CC2)c1C. The summed E-state index contributed by atoms with van der Waals surface area (Å²) in [5.74, 6) is 0.595. The number of ether oxygens (including phenoxy) is 2. The van der Waals surface area contributed by atoms with Crippen molar-refractivity contribution < 1.29 is 17.9 Å². The van der Waals surface area contributed by atoms with Crippen LogP contribution in [0.4, 0.5) is 0 Å². The van der Waals surface area contributed by atoms with Gasteiger partial charge in [0.2, 0.25) is 10.0 Å². The Kier molecular flexibility index (Phi) is 10.9. The molecule has 0 saturated carbocycles. The molecule has 0 aromatic heterocycles. The Morgan fingerprint density at radius 2 is 1.58 bits per heavy atom. The molecule has 140 valence electrons. The normalized spacial score (nSPS) is 15.6. The van der Waals surface area contributed by atoms with E-state index in [1.165, 1.54) is 4.31 Å². The van der Waals surface area contributed by atoms with Gasteiger partial charge in [0.05, 0.1) is 18.1 Å². The minimum atomic E-state index is -3.46. The molecule has 1 saturated heterocycles. The third-order valence-electron chi connectivity index (χ3n) is 3.81. The van der Waals surface area contributed by atoms with Crippen LogP contribution in [0, 0.1) is 6.92 Å². The van der Waals surface area contributed by atoms with Gasteiger partial charge in [-0.05, 0) is 31.9 Å². The van der Waals surface area contributed by atoms with Gasteiger partial charge >= 0.3 is 0 Å². The van der Waals surface area contributed by atoms with Crippen molar-refractivity contribution in [1.29, 1.82) is 0 Å². The lowest BCUT2D eigenvalue weighted by Gasteiger charge is -2.30. The predicted molar refractivity (Wildman–Crippen MR) is 99.2 cm³/mol. The van der Waals surface area contributed by atoms with E-state index in [0.717, 1.165) is 12.8 Å². The fourth-order valence-corrected chi connectivity index (χ4v) is 4.25. The Morgan fingerprint density at radius 1 is 1.04 bits per heavy atom. The van der Waals surface area contributed by atoms with Crippen molar-refractivity contribution in [3.8, 4) is 5.75 Å². The van der Waals surface area contributed by atoms with E-state index in [-0.39, 0.29) is 6.10 Å². The molecule has 0 radical (unpaired) electrons. The van der Waals surface area contributed by atoms with E-state index in [0.29, 0.717) is 29.3 Å². The Balaban J connectivity index is 0.00000123. The number of methoxy groups -OCH3 is 2. The molecule has 1 fully saturated rings. The fraction of sp³-hybridized carbons (Fsp3) is 0.667. The Labute approximate surface area is 148 Å². The largest absolute Gasteiger partial charge is 0.496 e. The zero-order valence-corrected chi connectivity index (χ0v) is 16.9. The van der Waals surface area contributed by atoms with Gasteiger partial charge in [-0.15, -0.1) is 0 Å².